The predicted molar refractivity (Wildman–Crippen MR) is 58.5 cm³/mol. The average molecular weight is 216 g/mol. The molecule has 0 spiro atoms. The molecule has 2 heterocycles. The van der Waals surface area contributed by atoms with Crippen molar-refractivity contribution in [3.8, 4) is 0 Å². The van der Waals surface area contributed by atoms with Crippen LogP contribution < -0.4 is 0 Å². The molecule has 0 saturated heterocycles. The molecule has 1 fully saturated rings. The summed E-state index contributed by atoms with van der Waals surface area (Å²) in [5.41, 5.74) is 2.64. The Morgan fingerprint density at radius 2 is 2.31 bits per heavy atom. The molecule has 82 valence electrons. The maximum Gasteiger partial charge on any atom is 0.358 e. The van der Waals surface area contributed by atoms with E-state index in [0.717, 1.165) is 5.52 Å². The van der Waals surface area contributed by atoms with Crippen molar-refractivity contribution in [3.63, 3.8) is 0 Å². The normalized spacial score (nSPS) is 15.3. The Hall–Kier alpha value is -1.84. The molecule has 2 aromatic heterocycles. The van der Waals surface area contributed by atoms with Crippen LogP contribution in [0.25, 0.3) is 5.52 Å². The lowest BCUT2D eigenvalue weighted by atomic mass is 10.1. The second kappa shape index (κ2) is 3.33. The SMILES string of the molecule is COC(=O)c1cc2cc(C3CC3)ccn2n1. The smallest absolute Gasteiger partial charge is 0.358 e. The summed E-state index contributed by atoms with van der Waals surface area (Å²) in [6.07, 6.45) is 4.44. The first-order chi connectivity index (χ1) is 7.78. The predicted octanol–water partition coefficient (Wildman–Crippen LogP) is 2.00. The molecule has 1 aliphatic rings. The molecule has 16 heavy (non-hydrogen) atoms. The minimum absolute atomic E-state index is 0.357. The second-order valence-corrected chi connectivity index (χ2v) is 4.12. The third-order valence-corrected chi connectivity index (χ3v) is 2.93. The molecule has 1 saturated carbocycles. The molecule has 0 amide bonds. The van der Waals surface area contributed by atoms with Gasteiger partial charge in [0.2, 0.25) is 0 Å². The number of carbonyl (C=O) groups excluding carboxylic acids is 1. The van der Waals surface area contributed by atoms with Crippen molar-refractivity contribution in [1.29, 1.82) is 0 Å². The average Bonchev–Trinajstić information content (AvgIpc) is 3.07. The van der Waals surface area contributed by atoms with E-state index < -0.39 is 5.97 Å². The first-order valence-electron chi connectivity index (χ1n) is 5.35. The summed E-state index contributed by atoms with van der Waals surface area (Å²) in [4.78, 5) is 11.3. The molecule has 3 rings (SSSR count). The number of aromatic nitrogens is 2. The molecule has 0 unspecified atom stereocenters. The Bertz CT molecular complexity index is 555. The number of fused-ring (bicyclic) bond motifs is 1. The standard InChI is InChI=1S/C12H12N2O2/c1-16-12(15)11-7-10-6-9(8-2-3-8)4-5-14(10)13-11/h4-8H,2-3H2,1H3. The highest BCUT2D eigenvalue weighted by Crippen LogP contribution is 2.40. The fourth-order valence-electron chi connectivity index (χ4n) is 1.89. The zero-order chi connectivity index (χ0) is 11.1. The van der Waals surface area contributed by atoms with Gasteiger partial charge in [-0.2, -0.15) is 5.10 Å². The summed E-state index contributed by atoms with van der Waals surface area (Å²) in [6.45, 7) is 0. The van der Waals surface area contributed by atoms with Gasteiger partial charge in [-0.05, 0) is 42.5 Å². The summed E-state index contributed by atoms with van der Waals surface area (Å²) in [6, 6.07) is 5.92. The first kappa shape index (κ1) is 9.39. The minimum Gasteiger partial charge on any atom is -0.464 e. The van der Waals surface area contributed by atoms with E-state index in [-0.39, 0.29) is 0 Å². The molecule has 4 heteroatoms. The van der Waals surface area contributed by atoms with Crippen molar-refractivity contribution >= 4 is 11.5 Å². The molecule has 4 nitrogen and oxygen atoms in total. The molecule has 0 N–H and O–H groups in total. The number of nitrogens with zero attached hydrogens (tertiary/aromatic N) is 2. The van der Waals surface area contributed by atoms with Gasteiger partial charge < -0.3 is 4.74 Å². The molecular weight excluding hydrogens is 204 g/mol. The van der Waals surface area contributed by atoms with E-state index >= 15 is 0 Å². The topological polar surface area (TPSA) is 43.6 Å². The van der Waals surface area contributed by atoms with Crippen LogP contribution in [0.2, 0.25) is 0 Å². The van der Waals surface area contributed by atoms with Gasteiger partial charge in [-0.25, -0.2) is 9.31 Å². The Morgan fingerprint density at radius 1 is 1.50 bits per heavy atom. The molecule has 0 bridgehead atoms. The van der Waals surface area contributed by atoms with Crippen molar-refractivity contribution < 1.29 is 9.53 Å². The van der Waals surface area contributed by atoms with Crippen molar-refractivity contribution in [2.24, 2.45) is 0 Å². The van der Waals surface area contributed by atoms with E-state index in [9.17, 15) is 4.79 Å². The van der Waals surface area contributed by atoms with Crippen molar-refractivity contribution in [2.45, 2.75) is 18.8 Å². The number of methoxy groups -OCH3 is 1. The van der Waals surface area contributed by atoms with Gasteiger partial charge in [-0.3, -0.25) is 0 Å². The van der Waals surface area contributed by atoms with Crippen LogP contribution in [-0.4, -0.2) is 22.7 Å². The monoisotopic (exact) mass is 216 g/mol. The maximum atomic E-state index is 11.3. The molecule has 0 atom stereocenters. The molecular formula is C12H12N2O2. The van der Waals surface area contributed by atoms with Crippen LogP contribution in [0, 0.1) is 0 Å². The molecule has 0 aromatic carbocycles. The lowest BCUT2D eigenvalue weighted by Crippen LogP contribution is -2.01. The highest BCUT2D eigenvalue weighted by Gasteiger charge is 2.23. The van der Waals surface area contributed by atoms with Crippen LogP contribution >= 0.6 is 0 Å². The van der Waals surface area contributed by atoms with E-state index in [0.29, 0.717) is 11.6 Å². The third-order valence-electron chi connectivity index (χ3n) is 2.93. The van der Waals surface area contributed by atoms with Gasteiger partial charge >= 0.3 is 5.97 Å². The molecule has 1 aliphatic carbocycles. The summed E-state index contributed by atoms with van der Waals surface area (Å²) in [5.74, 6) is 0.318. The van der Waals surface area contributed by atoms with Crippen LogP contribution in [0.4, 0.5) is 0 Å². The summed E-state index contributed by atoms with van der Waals surface area (Å²) in [7, 11) is 1.36. The van der Waals surface area contributed by atoms with Crippen LogP contribution in [0.5, 0.6) is 0 Å². The Kier molecular flexibility index (Phi) is 1.96. The van der Waals surface area contributed by atoms with Crippen LogP contribution in [0.15, 0.2) is 24.4 Å². The van der Waals surface area contributed by atoms with Gasteiger partial charge in [-0.1, -0.05) is 0 Å². The Balaban J connectivity index is 2.06. The van der Waals surface area contributed by atoms with Gasteiger partial charge in [-0.15, -0.1) is 0 Å². The number of hydrogen-bond acceptors (Lipinski definition) is 3. The fraction of sp³-hybridized carbons (Fsp3) is 0.333. The molecule has 2 aromatic rings. The second-order valence-electron chi connectivity index (χ2n) is 4.12. The van der Waals surface area contributed by atoms with Crippen molar-refractivity contribution in [3.05, 3.63) is 35.7 Å². The van der Waals surface area contributed by atoms with Gasteiger partial charge in [0.25, 0.3) is 0 Å². The first-order valence-corrected chi connectivity index (χ1v) is 5.35. The lowest BCUT2D eigenvalue weighted by molar-refractivity contribution is 0.0593. The van der Waals surface area contributed by atoms with Crippen molar-refractivity contribution in [1.82, 2.24) is 9.61 Å². The highest BCUT2D eigenvalue weighted by atomic mass is 16.5. The number of pyridine rings is 1. The van der Waals surface area contributed by atoms with Crippen LogP contribution in [-0.2, 0) is 4.74 Å². The molecule has 0 aliphatic heterocycles. The summed E-state index contributed by atoms with van der Waals surface area (Å²) >= 11 is 0. The fourth-order valence-corrected chi connectivity index (χ4v) is 1.89. The van der Waals surface area contributed by atoms with Gasteiger partial charge in [0.15, 0.2) is 5.69 Å². The number of hydrogen-bond donors (Lipinski definition) is 0. The van der Waals surface area contributed by atoms with E-state index in [1.165, 1.54) is 25.5 Å². The zero-order valence-corrected chi connectivity index (χ0v) is 9.01. The van der Waals surface area contributed by atoms with Gasteiger partial charge in [0.05, 0.1) is 12.6 Å². The Morgan fingerprint density at radius 3 is 3.00 bits per heavy atom. The van der Waals surface area contributed by atoms with Crippen molar-refractivity contribution in [2.75, 3.05) is 7.11 Å². The van der Waals surface area contributed by atoms with E-state index in [2.05, 4.69) is 22.0 Å². The lowest BCUT2D eigenvalue weighted by Gasteiger charge is -1.97. The Labute approximate surface area is 92.8 Å². The number of ether oxygens (including phenoxy) is 1. The largest absolute Gasteiger partial charge is 0.464 e. The number of esters is 1. The van der Waals surface area contributed by atoms with Crippen LogP contribution in [0.3, 0.4) is 0 Å². The number of rotatable bonds is 2. The van der Waals surface area contributed by atoms with Crippen LogP contribution in [0.1, 0.15) is 34.8 Å². The number of carbonyl (C=O) groups is 1. The maximum absolute atomic E-state index is 11.3. The molecule has 0 radical (unpaired) electrons. The van der Waals surface area contributed by atoms with E-state index in [1.54, 1.807) is 10.6 Å². The third kappa shape index (κ3) is 1.46. The summed E-state index contributed by atoms with van der Waals surface area (Å²) < 4.78 is 6.35. The van der Waals surface area contributed by atoms with Gasteiger partial charge in [0, 0.05) is 6.20 Å². The van der Waals surface area contributed by atoms with Gasteiger partial charge in [0.1, 0.15) is 0 Å². The van der Waals surface area contributed by atoms with E-state index in [4.69, 9.17) is 0 Å². The minimum atomic E-state index is -0.392. The van der Waals surface area contributed by atoms with E-state index in [1.807, 2.05) is 6.20 Å². The zero-order valence-electron chi connectivity index (χ0n) is 9.01. The quantitative estimate of drug-likeness (QED) is 0.721. The summed E-state index contributed by atoms with van der Waals surface area (Å²) in [5, 5.41) is 4.15. The highest BCUT2D eigenvalue weighted by molar-refractivity contribution is 5.88.